The Morgan fingerprint density at radius 1 is 1.01 bits per heavy atom. The number of amides is 1. The van der Waals surface area contributed by atoms with Crippen LogP contribution in [0.2, 0.25) is 0 Å². The van der Waals surface area contributed by atoms with Crippen LogP contribution in [0.4, 0.5) is 21.5 Å². The zero-order chi connectivity index (χ0) is 49.0. The van der Waals surface area contributed by atoms with E-state index in [4.69, 9.17) is 14.2 Å². The molecule has 70 heavy (non-hydrogen) atoms. The summed E-state index contributed by atoms with van der Waals surface area (Å²) in [5.74, 6) is -0.454. The molecule has 5 heterocycles. The maximum absolute atomic E-state index is 15.0. The summed E-state index contributed by atoms with van der Waals surface area (Å²) in [6, 6.07) is 19.3. The predicted molar refractivity (Wildman–Crippen MR) is 263 cm³/mol. The number of anilines is 2. The topological polar surface area (TPSA) is 201 Å². The third kappa shape index (κ3) is 9.79. The summed E-state index contributed by atoms with van der Waals surface area (Å²) in [6.07, 6.45) is 9.13. The van der Waals surface area contributed by atoms with Crippen LogP contribution in [-0.4, -0.2) is 103 Å². The SMILES string of the molecule is CC(C)c1ccccc1[C@@H]1CCC[C@@H]1N1CC2(CCN(c3ccc(C(=O)NS(=O)(=O)c4ccc(NCC5CCC(C)(O)CC5)c([N+](=O)[O-])c4)c(Oc4cc5c(F)c[nH]c5nc4OC4COC4)c3)CC2)C1. The number of rotatable bonds is 15. The second-order valence-corrected chi connectivity index (χ2v) is 22.5. The number of hydrogen-bond donors (Lipinski definition) is 4. The van der Waals surface area contributed by atoms with Gasteiger partial charge in [-0.2, -0.15) is 4.98 Å². The van der Waals surface area contributed by atoms with Crippen LogP contribution < -0.4 is 24.4 Å². The van der Waals surface area contributed by atoms with Gasteiger partial charge >= 0.3 is 0 Å². The van der Waals surface area contributed by atoms with E-state index in [1.807, 2.05) is 0 Å². The molecule has 0 unspecified atom stereocenters. The molecular formula is C52H62FN7O9S. The van der Waals surface area contributed by atoms with Crippen LogP contribution in [0.25, 0.3) is 11.0 Å². The summed E-state index contributed by atoms with van der Waals surface area (Å²) in [7, 11) is -4.68. The lowest BCUT2D eigenvalue weighted by atomic mass is 9.70. The summed E-state index contributed by atoms with van der Waals surface area (Å²) in [4.78, 5) is 37.6. The van der Waals surface area contributed by atoms with E-state index >= 15 is 4.39 Å². The molecule has 2 aromatic heterocycles. The summed E-state index contributed by atoms with van der Waals surface area (Å²) in [6.45, 7) is 11.0. The molecule has 2 saturated carbocycles. The number of benzene rings is 3. The number of sulfonamides is 1. The second kappa shape index (κ2) is 19.1. The number of aromatic amines is 1. The minimum atomic E-state index is -4.68. The number of ether oxygens (including phenoxy) is 3. The van der Waals surface area contributed by atoms with E-state index in [9.17, 15) is 28.4 Å². The van der Waals surface area contributed by atoms with Crippen molar-refractivity contribution in [3.8, 4) is 17.4 Å². The standard InChI is InChI=1S/C52H62FN7O9S/c1-32(2)37-7-4-5-8-38(37)39-9-6-10-44(39)59-30-52(31-59)19-21-58(22-20-52)34-11-13-40(46(23-34)69-47-25-41-42(53)27-55-48(41)56-50(47)68-35-28-67-29-35)49(61)57-70(65,66)36-12-14-43(45(24-36)60(63)64)54-26-33-15-17-51(3,62)18-16-33/h4-5,7-8,11-14,23-25,27,32-33,35,39,44,54,62H,6,9-10,15-22,26,28-31H2,1-3H3,(H,55,56)(H,57,61)/t33?,39-,44-,51?/m0/s1. The van der Waals surface area contributed by atoms with Crippen LogP contribution in [0.3, 0.4) is 0 Å². The van der Waals surface area contributed by atoms with Crippen LogP contribution in [0, 0.1) is 27.3 Å². The van der Waals surface area contributed by atoms with Crippen LogP contribution in [0.5, 0.6) is 17.4 Å². The number of nitrogens with zero attached hydrogens (tertiary/aromatic N) is 4. The molecule has 0 radical (unpaired) electrons. The highest BCUT2D eigenvalue weighted by Gasteiger charge is 2.49. The maximum Gasteiger partial charge on any atom is 0.293 e. The number of halogens is 1. The molecule has 3 aliphatic heterocycles. The molecule has 0 bridgehead atoms. The Morgan fingerprint density at radius 3 is 2.49 bits per heavy atom. The smallest absolute Gasteiger partial charge is 0.293 e. The summed E-state index contributed by atoms with van der Waals surface area (Å²) < 4.78 is 62.9. The van der Waals surface area contributed by atoms with Crippen LogP contribution >= 0.6 is 0 Å². The van der Waals surface area contributed by atoms with Gasteiger partial charge in [-0.3, -0.25) is 19.8 Å². The van der Waals surface area contributed by atoms with Crippen molar-refractivity contribution in [1.82, 2.24) is 19.6 Å². The highest BCUT2D eigenvalue weighted by molar-refractivity contribution is 7.90. The molecule has 2 atom stereocenters. The Morgan fingerprint density at radius 2 is 1.77 bits per heavy atom. The molecule has 4 N–H and O–H groups in total. The highest BCUT2D eigenvalue weighted by Crippen LogP contribution is 2.49. The van der Waals surface area contributed by atoms with E-state index in [1.165, 1.54) is 60.9 Å². The molecular weight excluding hydrogens is 918 g/mol. The van der Waals surface area contributed by atoms with Gasteiger partial charge in [0.2, 0.25) is 0 Å². The fraction of sp³-hybridized carbons (Fsp3) is 0.500. The van der Waals surface area contributed by atoms with Crippen molar-refractivity contribution >= 4 is 44.0 Å². The van der Waals surface area contributed by atoms with Gasteiger partial charge in [0.1, 0.15) is 29.0 Å². The third-order valence-corrected chi connectivity index (χ3v) is 16.9. The maximum atomic E-state index is 15.0. The number of piperidine rings is 1. The number of aliphatic hydroxyl groups is 1. The van der Waals surface area contributed by atoms with E-state index in [1.54, 1.807) is 19.1 Å². The molecule has 2 aliphatic carbocycles. The number of H-pyrrole nitrogens is 1. The molecule has 3 saturated heterocycles. The van der Waals surface area contributed by atoms with Crippen LogP contribution in [0.15, 0.2) is 77.8 Å². The number of fused-ring (bicyclic) bond motifs is 1. The largest absolute Gasteiger partial charge is 0.467 e. The lowest BCUT2D eigenvalue weighted by molar-refractivity contribution is -0.384. The number of likely N-dealkylation sites (tertiary alicyclic amines) is 1. The molecule has 1 amide bonds. The first-order valence-electron chi connectivity index (χ1n) is 24.7. The minimum absolute atomic E-state index is 0.00216. The zero-order valence-electron chi connectivity index (χ0n) is 39.9. The van der Waals surface area contributed by atoms with E-state index in [0.717, 1.165) is 63.6 Å². The monoisotopic (exact) mass is 979 g/mol. The molecule has 18 heteroatoms. The number of aromatic nitrogens is 2. The Bertz CT molecular complexity index is 2880. The lowest BCUT2D eigenvalue weighted by Crippen LogP contribution is -2.63. The van der Waals surface area contributed by atoms with E-state index in [0.29, 0.717) is 50.5 Å². The van der Waals surface area contributed by atoms with Gasteiger partial charge in [0.05, 0.1) is 39.6 Å². The molecule has 5 aliphatic rings. The van der Waals surface area contributed by atoms with E-state index in [2.05, 4.69) is 67.9 Å². The first kappa shape index (κ1) is 47.8. The van der Waals surface area contributed by atoms with Crippen molar-refractivity contribution in [2.24, 2.45) is 11.3 Å². The van der Waals surface area contributed by atoms with E-state index < -0.39 is 42.9 Å². The highest BCUT2D eigenvalue weighted by atomic mass is 32.2. The van der Waals surface area contributed by atoms with E-state index in [-0.39, 0.29) is 57.1 Å². The number of nitro groups is 1. The average molecular weight is 980 g/mol. The molecule has 1 spiro atoms. The Hall–Kier alpha value is -5.82. The second-order valence-electron chi connectivity index (χ2n) is 20.9. The average Bonchev–Trinajstić information content (AvgIpc) is 3.95. The molecule has 16 nitrogen and oxygen atoms in total. The summed E-state index contributed by atoms with van der Waals surface area (Å²) >= 11 is 0. The number of pyridine rings is 1. The third-order valence-electron chi connectivity index (χ3n) is 15.6. The Kier molecular flexibility index (Phi) is 13.0. The van der Waals surface area contributed by atoms with Crippen molar-refractivity contribution in [2.45, 2.75) is 113 Å². The van der Waals surface area contributed by atoms with Crippen molar-refractivity contribution in [3.63, 3.8) is 0 Å². The van der Waals surface area contributed by atoms with Gasteiger partial charge in [-0.1, -0.05) is 44.5 Å². The molecule has 10 rings (SSSR count). The fourth-order valence-corrected chi connectivity index (χ4v) is 12.4. The first-order chi connectivity index (χ1) is 33.5. The molecule has 372 valence electrons. The summed E-state index contributed by atoms with van der Waals surface area (Å²) in [5, 5.41) is 25.8. The number of hydrogen-bond acceptors (Lipinski definition) is 13. The molecule has 5 fully saturated rings. The number of carbonyl (C=O) groups is 1. The van der Waals surface area contributed by atoms with Gasteiger partial charge in [-0.05, 0) is 117 Å². The minimum Gasteiger partial charge on any atom is -0.467 e. The summed E-state index contributed by atoms with van der Waals surface area (Å²) in [5.41, 5.74) is 2.90. The zero-order valence-corrected chi connectivity index (χ0v) is 40.7. The van der Waals surface area contributed by atoms with Gasteiger partial charge in [0.15, 0.2) is 5.75 Å². The van der Waals surface area contributed by atoms with Crippen LogP contribution in [0.1, 0.15) is 112 Å². The number of carbonyl (C=O) groups excluding carboxylic acids is 1. The van der Waals surface area contributed by atoms with Gasteiger partial charge in [-0.15, -0.1) is 0 Å². The normalized spacial score (nSPS) is 23.8. The Balaban J connectivity index is 0.883. The van der Waals surface area contributed by atoms with Crippen LogP contribution in [-0.2, 0) is 14.8 Å². The van der Waals surface area contributed by atoms with Crippen molar-refractivity contribution < 1.29 is 41.8 Å². The van der Waals surface area contributed by atoms with Gasteiger partial charge in [0, 0.05) is 68.8 Å². The predicted octanol–water partition coefficient (Wildman–Crippen LogP) is 9.01. The number of nitrogens with one attached hydrogen (secondary N) is 3. The molecule has 5 aromatic rings. The quantitative estimate of drug-likeness (QED) is 0.0573. The van der Waals surface area contributed by atoms with Crippen molar-refractivity contribution in [1.29, 1.82) is 0 Å². The van der Waals surface area contributed by atoms with Gasteiger partial charge in [0.25, 0.3) is 27.5 Å². The lowest BCUT2D eigenvalue weighted by Gasteiger charge is -2.57. The van der Waals surface area contributed by atoms with Gasteiger partial charge in [-0.25, -0.2) is 17.5 Å². The van der Waals surface area contributed by atoms with Gasteiger partial charge < -0.3 is 34.5 Å². The van der Waals surface area contributed by atoms with Crippen molar-refractivity contribution in [2.75, 3.05) is 56.2 Å². The first-order valence-corrected chi connectivity index (χ1v) is 26.2. The fourth-order valence-electron chi connectivity index (χ4n) is 11.4. The Labute approximate surface area is 407 Å². The van der Waals surface area contributed by atoms with Crippen molar-refractivity contribution in [3.05, 3.63) is 106 Å². The molecule has 3 aromatic carbocycles. The number of nitro benzene ring substituents is 1.